The largest absolute Gasteiger partial charge is 0.328 e. The highest BCUT2D eigenvalue weighted by atomic mass is 32.2. The molecule has 0 atom stereocenters. The van der Waals surface area contributed by atoms with Gasteiger partial charge in [-0.1, -0.05) is 18.2 Å². The van der Waals surface area contributed by atoms with Crippen molar-refractivity contribution in [2.75, 3.05) is 18.9 Å². The molecule has 0 aliphatic carbocycles. The van der Waals surface area contributed by atoms with E-state index in [9.17, 15) is 18.0 Å². The van der Waals surface area contributed by atoms with Crippen LogP contribution in [0.1, 0.15) is 11.1 Å². The van der Waals surface area contributed by atoms with Crippen molar-refractivity contribution in [1.82, 2.24) is 13.4 Å². The first kappa shape index (κ1) is 20.8. The van der Waals surface area contributed by atoms with Gasteiger partial charge >= 0.3 is 5.69 Å². The molecule has 1 aromatic heterocycles. The Morgan fingerprint density at radius 2 is 1.62 bits per heavy atom. The van der Waals surface area contributed by atoms with E-state index in [0.29, 0.717) is 16.7 Å². The lowest BCUT2D eigenvalue weighted by Gasteiger charge is -2.18. The second-order valence-corrected chi connectivity index (χ2v) is 9.17. The molecule has 8 nitrogen and oxygen atoms in total. The molecule has 0 saturated heterocycles. The summed E-state index contributed by atoms with van der Waals surface area (Å²) in [5, 5.41) is 2.79. The van der Waals surface area contributed by atoms with E-state index in [4.69, 9.17) is 0 Å². The van der Waals surface area contributed by atoms with Crippen molar-refractivity contribution in [1.29, 1.82) is 0 Å². The van der Waals surface area contributed by atoms with Crippen LogP contribution in [0.2, 0.25) is 0 Å². The van der Waals surface area contributed by atoms with Gasteiger partial charge in [0.1, 0.15) is 0 Å². The number of benzene rings is 2. The minimum Gasteiger partial charge on any atom is -0.324 e. The van der Waals surface area contributed by atoms with Gasteiger partial charge in [0.05, 0.1) is 22.5 Å². The molecule has 0 spiro atoms. The number of nitrogens with one attached hydrogen (secondary N) is 1. The quantitative estimate of drug-likeness (QED) is 0.686. The molecule has 0 bridgehead atoms. The third-order valence-corrected chi connectivity index (χ3v) is 6.86. The maximum atomic E-state index is 13.0. The van der Waals surface area contributed by atoms with Crippen molar-refractivity contribution in [2.24, 2.45) is 14.1 Å². The Bertz CT molecular complexity index is 1250. The van der Waals surface area contributed by atoms with Gasteiger partial charge in [0.2, 0.25) is 15.9 Å². The zero-order chi connectivity index (χ0) is 21.5. The zero-order valence-corrected chi connectivity index (χ0v) is 17.9. The zero-order valence-electron chi connectivity index (χ0n) is 17.1. The summed E-state index contributed by atoms with van der Waals surface area (Å²) in [6.07, 6.45) is 0. The number of amides is 1. The van der Waals surface area contributed by atoms with E-state index in [1.54, 1.807) is 20.2 Å². The van der Waals surface area contributed by atoms with Crippen LogP contribution in [-0.2, 0) is 28.9 Å². The summed E-state index contributed by atoms with van der Waals surface area (Å²) in [5.74, 6) is -0.429. The van der Waals surface area contributed by atoms with E-state index < -0.39 is 15.9 Å². The molecule has 0 aliphatic rings. The highest BCUT2D eigenvalue weighted by Crippen LogP contribution is 2.22. The molecule has 1 N–H and O–H groups in total. The smallest absolute Gasteiger partial charge is 0.324 e. The van der Waals surface area contributed by atoms with E-state index in [1.807, 2.05) is 32.0 Å². The topological polar surface area (TPSA) is 93.4 Å². The molecule has 0 unspecified atom stereocenters. The van der Waals surface area contributed by atoms with E-state index in [0.717, 1.165) is 15.4 Å². The lowest BCUT2D eigenvalue weighted by atomic mass is 10.1. The molecular formula is C20H24N4O4S. The van der Waals surface area contributed by atoms with Crippen LogP contribution in [0.25, 0.3) is 11.0 Å². The van der Waals surface area contributed by atoms with Crippen LogP contribution < -0.4 is 11.0 Å². The van der Waals surface area contributed by atoms with Gasteiger partial charge in [0.15, 0.2) is 0 Å². The Morgan fingerprint density at radius 1 is 1.03 bits per heavy atom. The maximum absolute atomic E-state index is 13.0. The second-order valence-electron chi connectivity index (χ2n) is 7.13. The number of hydrogen-bond donors (Lipinski definition) is 1. The first-order valence-corrected chi connectivity index (χ1v) is 10.5. The van der Waals surface area contributed by atoms with Gasteiger partial charge in [-0.3, -0.25) is 13.9 Å². The molecule has 0 aliphatic heterocycles. The average molecular weight is 417 g/mol. The Balaban J connectivity index is 1.85. The summed E-state index contributed by atoms with van der Waals surface area (Å²) in [5.41, 5.74) is 3.39. The summed E-state index contributed by atoms with van der Waals surface area (Å²) < 4.78 is 29.7. The minimum atomic E-state index is -3.91. The van der Waals surface area contributed by atoms with Crippen LogP contribution >= 0.6 is 0 Å². The molecule has 3 rings (SSSR count). The fourth-order valence-corrected chi connectivity index (χ4v) is 4.45. The number of imidazole rings is 1. The van der Waals surface area contributed by atoms with E-state index in [-0.39, 0.29) is 17.1 Å². The first-order chi connectivity index (χ1) is 13.5. The fraction of sp³-hybridized carbons (Fsp3) is 0.300. The van der Waals surface area contributed by atoms with Gasteiger partial charge in [-0.2, -0.15) is 4.31 Å². The van der Waals surface area contributed by atoms with Crippen LogP contribution in [0.3, 0.4) is 0 Å². The molecule has 9 heteroatoms. The van der Waals surface area contributed by atoms with Gasteiger partial charge in [-0.15, -0.1) is 0 Å². The lowest BCUT2D eigenvalue weighted by Crippen LogP contribution is -2.35. The molecule has 0 fully saturated rings. The number of sulfonamides is 1. The number of aromatic nitrogens is 2. The number of carbonyl (C=O) groups is 1. The molecule has 1 amide bonds. The molecule has 0 saturated carbocycles. The summed E-state index contributed by atoms with van der Waals surface area (Å²) in [6, 6.07) is 10.1. The van der Waals surface area contributed by atoms with Gasteiger partial charge in [0, 0.05) is 26.8 Å². The number of hydrogen-bond acceptors (Lipinski definition) is 4. The number of aryl methyl sites for hydroxylation is 4. The highest BCUT2D eigenvalue weighted by molar-refractivity contribution is 7.89. The van der Waals surface area contributed by atoms with E-state index in [1.165, 1.54) is 28.3 Å². The lowest BCUT2D eigenvalue weighted by molar-refractivity contribution is -0.116. The van der Waals surface area contributed by atoms with Crippen molar-refractivity contribution >= 4 is 32.7 Å². The van der Waals surface area contributed by atoms with E-state index in [2.05, 4.69) is 5.32 Å². The molecule has 2 aromatic carbocycles. The number of anilines is 1. The number of fused-ring (bicyclic) bond motifs is 1. The molecular weight excluding hydrogens is 392 g/mol. The fourth-order valence-electron chi connectivity index (χ4n) is 3.30. The molecule has 0 radical (unpaired) electrons. The third-order valence-electron chi connectivity index (χ3n) is 5.06. The summed E-state index contributed by atoms with van der Waals surface area (Å²) >= 11 is 0. The van der Waals surface area contributed by atoms with Gasteiger partial charge < -0.3 is 5.32 Å². The number of rotatable bonds is 5. The van der Waals surface area contributed by atoms with Gasteiger partial charge in [-0.25, -0.2) is 13.2 Å². The van der Waals surface area contributed by atoms with Crippen molar-refractivity contribution in [3.63, 3.8) is 0 Å². The Hall–Kier alpha value is -2.91. The highest BCUT2D eigenvalue weighted by Gasteiger charge is 2.24. The Morgan fingerprint density at radius 3 is 2.24 bits per heavy atom. The number of nitrogens with zero attached hydrogens (tertiary/aromatic N) is 3. The van der Waals surface area contributed by atoms with Crippen molar-refractivity contribution < 1.29 is 13.2 Å². The van der Waals surface area contributed by atoms with Crippen molar-refractivity contribution in [2.45, 2.75) is 18.7 Å². The summed E-state index contributed by atoms with van der Waals surface area (Å²) in [6.45, 7) is 3.42. The Kier molecular flexibility index (Phi) is 5.38. The normalized spacial score (nSPS) is 11.9. The summed E-state index contributed by atoms with van der Waals surface area (Å²) in [4.78, 5) is 24.5. The predicted octanol–water partition coefficient (Wildman–Crippen LogP) is 1.75. The third kappa shape index (κ3) is 3.70. The monoisotopic (exact) mass is 416 g/mol. The first-order valence-electron chi connectivity index (χ1n) is 9.02. The average Bonchev–Trinajstić information content (AvgIpc) is 2.88. The maximum Gasteiger partial charge on any atom is 0.328 e. The van der Waals surface area contributed by atoms with Crippen LogP contribution in [0.5, 0.6) is 0 Å². The predicted molar refractivity (Wildman–Crippen MR) is 113 cm³/mol. The van der Waals surface area contributed by atoms with E-state index >= 15 is 0 Å². The van der Waals surface area contributed by atoms with Gasteiger partial charge in [0.25, 0.3) is 0 Å². The second kappa shape index (κ2) is 7.49. The van der Waals surface area contributed by atoms with Gasteiger partial charge in [-0.05, 0) is 43.2 Å². The molecule has 29 heavy (non-hydrogen) atoms. The Labute approximate surface area is 169 Å². The summed E-state index contributed by atoms with van der Waals surface area (Å²) in [7, 11) is 0.658. The molecule has 154 valence electrons. The molecule has 1 heterocycles. The van der Waals surface area contributed by atoms with Crippen LogP contribution in [-0.4, -0.2) is 41.4 Å². The van der Waals surface area contributed by atoms with Crippen LogP contribution in [0.4, 0.5) is 5.69 Å². The minimum absolute atomic E-state index is 0.0218. The van der Waals surface area contributed by atoms with Crippen LogP contribution in [0, 0.1) is 13.8 Å². The molecule has 3 aromatic rings. The van der Waals surface area contributed by atoms with Crippen LogP contribution in [0.15, 0.2) is 46.1 Å². The van der Waals surface area contributed by atoms with Crippen molar-refractivity contribution in [3.05, 3.63) is 58.0 Å². The standard InChI is InChI=1S/C20H24N4O4S/c1-13-7-6-8-14(2)19(13)21-18(25)12-22(3)29(27,28)15-9-10-16-17(11-15)24(5)20(26)23(16)4/h6-11H,12H2,1-5H3,(H,21,25). The number of para-hydroxylation sites is 1. The number of carbonyl (C=O) groups excluding carboxylic acids is 1. The SMILES string of the molecule is Cc1cccc(C)c1NC(=O)CN(C)S(=O)(=O)c1ccc2c(c1)n(C)c(=O)n2C. The number of likely N-dealkylation sites (N-methyl/N-ethyl adjacent to an activating group) is 1. The van der Waals surface area contributed by atoms with Crippen molar-refractivity contribution in [3.8, 4) is 0 Å².